The molecule has 0 heterocycles. The van der Waals surface area contributed by atoms with Crippen LogP contribution in [0.2, 0.25) is 15.1 Å². The maximum Gasteiger partial charge on any atom is 0.0653 e. The van der Waals surface area contributed by atoms with Crippen LogP contribution >= 0.6 is 34.8 Å². The molecule has 1 aliphatic rings. The number of anilines is 1. The number of nitrogens with one attached hydrogen (secondary N) is 1. The average molecular weight is 279 g/mol. The topological polar surface area (TPSA) is 12.0 Å². The second-order valence-electron chi connectivity index (χ2n) is 4.28. The minimum atomic E-state index is 0.498. The van der Waals surface area contributed by atoms with Crippen LogP contribution in [-0.2, 0) is 0 Å². The highest BCUT2D eigenvalue weighted by Gasteiger charge is 2.15. The lowest BCUT2D eigenvalue weighted by atomic mass is 10.1. The molecule has 0 bridgehead atoms. The van der Waals surface area contributed by atoms with E-state index in [1.54, 1.807) is 12.1 Å². The minimum Gasteiger partial charge on any atom is -0.384 e. The Morgan fingerprint density at radius 2 is 1.62 bits per heavy atom. The monoisotopic (exact) mass is 277 g/mol. The van der Waals surface area contributed by atoms with Crippen LogP contribution in [-0.4, -0.2) is 6.54 Å². The van der Waals surface area contributed by atoms with Crippen LogP contribution in [0.4, 0.5) is 5.69 Å². The fraction of sp³-hybridized carbons (Fsp3) is 0.500. The maximum atomic E-state index is 6.08. The van der Waals surface area contributed by atoms with Crippen LogP contribution in [0.3, 0.4) is 0 Å². The van der Waals surface area contributed by atoms with E-state index >= 15 is 0 Å². The molecule has 0 amide bonds. The lowest BCUT2D eigenvalue weighted by molar-refractivity contribution is 0.580. The molecule has 0 atom stereocenters. The van der Waals surface area contributed by atoms with Gasteiger partial charge in [0.15, 0.2) is 0 Å². The van der Waals surface area contributed by atoms with Gasteiger partial charge in [-0.25, -0.2) is 0 Å². The second kappa shape index (κ2) is 5.48. The highest BCUT2D eigenvalue weighted by Crippen LogP contribution is 2.33. The number of hydrogen-bond acceptors (Lipinski definition) is 1. The second-order valence-corrected chi connectivity index (χ2v) is 5.50. The summed E-state index contributed by atoms with van der Waals surface area (Å²) in [5.41, 5.74) is 0.878. The van der Waals surface area contributed by atoms with Crippen molar-refractivity contribution in [2.75, 3.05) is 11.9 Å². The van der Waals surface area contributed by atoms with E-state index in [4.69, 9.17) is 34.8 Å². The Labute approximate surface area is 111 Å². The molecule has 0 spiro atoms. The molecule has 0 saturated heterocycles. The molecule has 1 aromatic carbocycles. The zero-order valence-electron chi connectivity index (χ0n) is 8.90. The van der Waals surface area contributed by atoms with E-state index in [-0.39, 0.29) is 0 Å². The van der Waals surface area contributed by atoms with Gasteiger partial charge in [-0.15, -0.1) is 0 Å². The van der Waals surface area contributed by atoms with E-state index in [1.165, 1.54) is 25.7 Å². The maximum absolute atomic E-state index is 6.08. The van der Waals surface area contributed by atoms with Crippen LogP contribution < -0.4 is 5.32 Å². The van der Waals surface area contributed by atoms with Crippen molar-refractivity contribution in [2.24, 2.45) is 5.92 Å². The van der Waals surface area contributed by atoms with Gasteiger partial charge >= 0.3 is 0 Å². The first-order valence-electron chi connectivity index (χ1n) is 5.55. The van der Waals surface area contributed by atoms with Gasteiger partial charge < -0.3 is 5.32 Å². The van der Waals surface area contributed by atoms with Gasteiger partial charge in [-0.05, 0) is 30.9 Å². The molecular weight excluding hydrogens is 264 g/mol. The van der Waals surface area contributed by atoms with Gasteiger partial charge in [0.05, 0.1) is 20.8 Å². The quantitative estimate of drug-likeness (QED) is 0.745. The van der Waals surface area contributed by atoms with Gasteiger partial charge in [0.1, 0.15) is 0 Å². The molecule has 1 saturated carbocycles. The first-order chi connectivity index (χ1) is 7.66. The molecule has 1 N–H and O–H groups in total. The third kappa shape index (κ3) is 2.97. The largest absolute Gasteiger partial charge is 0.384 e. The number of hydrogen-bond donors (Lipinski definition) is 1. The summed E-state index contributed by atoms with van der Waals surface area (Å²) in [5.74, 6) is 0.769. The molecule has 88 valence electrons. The molecule has 4 heteroatoms. The minimum absolute atomic E-state index is 0.498. The lowest BCUT2D eigenvalue weighted by Gasteiger charge is -2.13. The SMILES string of the molecule is Clc1cc(Cl)c(NCC2CCCC2)cc1Cl. The Hall–Kier alpha value is -0.110. The number of halogens is 3. The molecule has 2 rings (SSSR count). The fourth-order valence-electron chi connectivity index (χ4n) is 2.13. The molecule has 0 unspecified atom stereocenters. The Balaban J connectivity index is 2.00. The van der Waals surface area contributed by atoms with Gasteiger partial charge in [0, 0.05) is 6.54 Å². The van der Waals surface area contributed by atoms with Gasteiger partial charge in [-0.3, -0.25) is 0 Å². The summed E-state index contributed by atoms with van der Waals surface area (Å²) in [7, 11) is 0. The van der Waals surface area contributed by atoms with Crippen LogP contribution in [0, 0.1) is 5.92 Å². The summed E-state index contributed by atoms with van der Waals surface area (Å²) >= 11 is 17.9. The number of rotatable bonds is 3. The number of benzene rings is 1. The molecule has 1 aromatic rings. The zero-order chi connectivity index (χ0) is 11.5. The molecule has 1 fully saturated rings. The highest BCUT2D eigenvalue weighted by atomic mass is 35.5. The van der Waals surface area contributed by atoms with Gasteiger partial charge in [0.25, 0.3) is 0 Å². The van der Waals surface area contributed by atoms with Crippen molar-refractivity contribution in [1.82, 2.24) is 0 Å². The van der Waals surface area contributed by atoms with E-state index in [9.17, 15) is 0 Å². The van der Waals surface area contributed by atoms with Crippen LogP contribution in [0.15, 0.2) is 12.1 Å². The van der Waals surface area contributed by atoms with E-state index in [1.807, 2.05) is 0 Å². The standard InChI is InChI=1S/C12H14Cl3N/c13-9-5-11(15)12(6-10(9)14)16-7-8-3-1-2-4-8/h5-6,8,16H,1-4,7H2. The average Bonchev–Trinajstić information content (AvgIpc) is 2.74. The third-order valence-corrected chi connectivity index (χ3v) is 4.10. The van der Waals surface area contributed by atoms with Crippen LogP contribution in [0.5, 0.6) is 0 Å². The molecule has 1 aliphatic carbocycles. The summed E-state index contributed by atoms with van der Waals surface area (Å²) in [6.45, 7) is 0.970. The zero-order valence-corrected chi connectivity index (χ0v) is 11.2. The Morgan fingerprint density at radius 3 is 2.31 bits per heavy atom. The third-order valence-electron chi connectivity index (χ3n) is 3.07. The summed E-state index contributed by atoms with van der Waals surface area (Å²) in [6.07, 6.45) is 5.32. The van der Waals surface area contributed by atoms with Crippen molar-refractivity contribution < 1.29 is 0 Å². The van der Waals surface area contributed by atoms with Crippen molar-refractivity contribution in [2.45, 2.75) is 25.7 Å². The predicted octanol–water partition coefficient (Wildman–Crippen LogP) is 5.25. The first-order valence-corrected chi connectivity index (χ1v) is 6.68. The molecule has 0 aromatic heterocycles. The van der Waals surface area contributed by atoms with Crippen molar-refractivity contribution in [1.29, 1.82) is 0 Å². The van der Waals surface area contributed by atoms with E-state index < -0.39 is 0 Å². The van der Waals surface area contributed by atoms with Gasteiger partial charge in [-0.2, -0.15) is 0 Å². The van der Waals surface area contributed by atoms with Crippen molar-refractivity contribution >= 4 is 40.5 Å². The van der Waals surface area contributed by atoms with Gasteiger partial charge in [0.2, 0.25) is 0 Å². The summed E-state index contributed by atoms with van der Waals surface area (Å²) in [6, 6.07) is 3.48. The summed E-state index contributed by atoms with van der Waals surface area (Å²) in [5, 5.41) is 5.02. The van der Waals surface area contributed by atoms with Crippen LogP contribution in [0.1, 0.15) is 25.7 Å². The Kier molecular flexibility index (Phi) is 4.23. The molecule has 16 heavy (non-hydrogen) atoms. The smallest absolute Gasteiger partial charge is 0.0653 e. The highest BCUT2D eigenvalue weighted by molar-refractivity contribution is 6.44. The van der Waals surface area contributed by atoms with Gasteiger partial charge in [-0.1, -0.05) is 47.6 Å². The van der Waals surface area contributed by atoms with E-state index in [0.717, 1.165) is 18.2 Å². The molecule has 1 nitrogen and oxygen atoms in total. The lowest BCUT2D eigenvalue weighted by Crippen LogP contribution is -2.11. The van der Waals surface area contributed by atoms with E-state index in [2.05, 4.69) is 5.32 Å². The van der Waals surface area contributed by atoms with Crippen molar-refractivity contribution in [3.8, 4) is 0 Å². The Bertz CT molecular complexity index is 373. The van der Waals surface area contributed by atoms with Crippen molar-refractivity contribution in [3.63, 3.8) is 0 Å². The predicted molar refractivity (Wildman–Crippen MR) is 71.9 cm³/mol. The summed E-state index contributed by atoms with van der Waals surface area (Å²) < 4.78 is 0. The molecule has 0 radical (unpaired) electrons. The summed E-state index contributed by atoms with van der Waals surface area (Å²) in [4.78, 5) is 0. The fourth-order valence-corrected chi connectivity index (χ4v) is 2.74. The molecule has 0 aliphatic heterocycles. The van der Waals surface area contributed by atoms with Crippen molar-refractivity contribution in [3.05, 3.63) is 27.2 Å². The van der Waals surface area contributed by atoms with E-state index in [0.29, 0.717) is 15.1 Å². The molecular formula is C12H14Cl3N. The normalized spacial score (nSPS) is 16.7. The first kappa shape index (κ1) is 12.3. The Morgan fingerprint density at radius 1 is 1.00 bits per heavy atom. The van der Waals surface area contributed by atoms with Crippen LogP contribution in [0.25, 0.3) is 0 Å².